The number of sulfonamides is 1. The van der Waals surface area contributed by atoms with E-state index in [0.717, 1.165) is 0 Å². The van der Waals surface area contributed by atoms with Crippen LogP contribution < -0.4 is 15.4 Å². The second kappa shape index (κ2) is 9.93. The van der Waals surface area contributed by atoms with Crippen LogP contribution >= 0.6 is 0 Å². The highest BCUT2D eigenvalue weighted by atomic mass is 32.2. The monoisotopic (exact) mass is 445 g/mol. The number of anilines is 2. The van der Waals surface area contributed by atoms with E-state index in [9.17, 15) is 18.0 Å². The van der Waals surface area contributed by atoms with Crippen LogP contribution in [0.2, 0.25) is 0 Å². The standard InChI is InChI=1S/C22H27N3O5S/c1-3-31(28,29)25-13-11-16(12-14-25)21(26)24-20-10-5-4-9-19(20)22(27)23-17-7-6-8-18(15-17)30-2/h4-10,15-16H,3,11-14H2,1-2H3,(H,23,27)(H,24,26). The van der Waals surface area contributed by atoms with Crippen molar-refractivity contribution in [3.8, 4) is 5.75 Å². The molecule has 9 heteroatoms. The van der Waals surface area contributed by atoms with E-state index < -0.39 is 10.0 Å². The molecule has 1 fully saturated rings. The number of amides is 2. The first kappa shape index (κ1) is 22.8. The van der Waals surface area contributed by atoms with Gasteiger partial charge in [0.2, 0.25) is 15.9 Å². The summed E-state index contributed by atoms with van der Waals surface area (Å²) in [6.07, 6.45) is 0.895. The maximum atomic E-state index is 12.8. The van der Waals surface area contributed by atoms with Crippen LogP contribution in [0, 0.1) is 5.92 Å². The molecule has 1 aliphatic heterocycles. The van der Waals surface area contributed by atoms with E-state index in [2.05, 4.69) is 10.6 Å². The molecule has 0 aliphatic carbocycles. The van der Waals surface area contributed by atoms with E-state index >= 15 is 0 Å². The number of rotatable bonds is 7. The van der Waals surface area contributed by atoms with Gasteiger partial charge < -0.3 is 15.4 Å². The highest BCUT2D eigenvalue weighted by Crippen LogP contribution is 2.24. The molecule has 0 atom stereocenters. The van der Waals surface area contributed by atoms with Crippen molar-refractivity contribution in [2.45, 2.75) is 19.8 Å². The smallest absolute Gasteiger partial charge is 0.257 e. The highest BCUT2D eigenvalue weighted by Gasteiger charge is 2.30. The van der Waals surface area contributed by atoms with Crippen LogP contribution in [-0.4, -0.2) is 50.5 Å². The zero-order valence-corrected chi connectivity index (χ0v) is 18.4. The number of nitrogens with one attached hydrogen (secondary N) is 2. The number of methoxy groups -OCH3 is 1. The number of hydrogen-bond acceptors (Lipinski definition) is 5. The largest absolute Gasteiger partial charge is 0.497 e. The van der Waals surface area contributed by atoms with Gasteiger partial charge in [0.05, 0.1) is 24.1 Å². The summed E-state index contributed by atoms with van der Waals surface area (Å²) in [5.74, 6) is -0.198. The van der Waals surface area contributed by atoms with Crippen molar-refractivity contribution in [3.05, 3.63) is 54.1 Å². The lowest BCUT2D eigenvalue weighted by Gasteiger charge is -2.30. The normalized spacial score (nSPS) is 15.3. The maximum Gasteiger partial charge on any atom is 0.257 e. The van der Waals surface area contributed by atoms with Crippen molar-refractivity contribution in [3.63, 3.8) is 0 Å². The lowest BCUT2D eigenvalue weighted by Crippen LogP contribution is -2.42. The van der Waals surface area contributed by atoms with Gasteiger partial charge in [-0.05, 0) is 44.0 Å². The summed E-state index contributed by atoms with van der Waals surface area (Å²) in [7, 11) is -1.69. The minimum atomic E-state index is -3.24. The van der Waals surface area contributed by atoms with Crippen molar-refractivity contribution in [2.75, 3.05) is 36.6 Å². The Kier molecular flexibility index (Phi) is 7.29. The summed E-state index contributed by atoms with van der Waals surface area (Å²) in [6, 6.07) is 13.8. The summed E-state index contributed by atoms with van der Waals surface area (Å²) < 4.78 is 30.6. The van der Waals surface area contributed by atoms with E-state index in [4.69, 9.17) is 4.74 Å². The predicted molar refractivity (Wildman–Crippen MR) is 120 cm³/mol. The lowest BCUT2D eigenvalue weighted by atomic mass is 9.97. The number of carbonyl (C=O) groups is 2. The fourth-order valence-electron chi connectivity index (χ4n) is 3.50. The van der Waals surface area contributed by atoms with Crippen LogP contribution in [0.5, 0.6) is 5.75 Å². The average Bonchev–Trinajstić information content (AvgIpc) is 2.79. The Morgan fingerprint density at radius 3 is 2.45 bits per heavy atom. The van der Waals surface area contributed by atoms with Crippen LogP contribution in [0.4, 0.5) is 11.4 Å². The fraction of sp³-hybridized carbons (Fsp3) is 0.364. The van der Waals surface area contributed by atoms with Crippen molar-refractivity contribution < 1.29 is 22.7 Å². The van der Waals surface area contributed by atoms with Gasteiger partial charge >= 0.3 is 0 Å². The second-order valence-electron chi connectivity index (χ2n) is 7.29. The van der Waals surface area contributed by atoms with Crippen LogP contribution in [-0.2, 0) is 14.8 Å². The van der Waals surface area contributed by atoms with Crippen LogP contribution in [0.3, 0.4) is 0 Å². The summed E-state index contributed by atoms with van der Waals surface area (Å²) >= 11 is 0. The Bertz CT molecular complexity index is 1050. The summed E-state index contributed by atoms with van der Waals surface area (Å²) in [6.45, 7) is 2.26. The molecular weight excluding hydrogens is 418 g/mol. The third-order valence-electron chi connectivity index (χ3n) is 5.34. The molecule has 31 heavy (non-hydrogen) atoms. The first-order chi connectivity index (χ1) is 14.8. The highest BCUT2D eigenvalue weighted by molar-refractivity contribution is 7.89. The van der Waals surface area contributed by atoms with Gasteiger partial charge in [-0.1, -0.05) is 18.2 Å². The Balaban J connectivity index is 1.66. The van der Waals surface area contributed by atoms with Gasteiger partial charge in [0.15, 0.2) is 0 Å². The van der Waals surface area contributed by atoms with Gasteiger partial charge in [-0.3, -0.25) is 9.59 Å². The number of piperidine rings is 1. The van der Waals surface area contributed by atoms with Crippen molar-refractivity contribution in [1.29, 1.82) is 0 Å². The Labute approximate surface area is 182 Å². The summed E-state index contributed by atoms with van der Waals surface area (Å²) in [4.78, 5) is 25.6. The molecule has 2 aromatic carbocycles. The minimum absolute atomic E-state index is 0.0552. The first-order valence-electron chi connectivity index (χ1n) is 10.2. The minimum Gasteiger partial charge on any atom is -0.497 e. The van der Waals surface area contributed by atoms with Gasteiger partial charge in [0.25, 0.3) is 5.91 Å². The van der Waals surface area contributed by atoms with Gasteiger partial charge in [0.1, 0.15) is 5.75 Å². The van der Waals surface area contributed by atoms with Crippen LogP contribution in [0.25, 0.3) is 0 Å². The zero-order chi connectivity index (χ0) is 22.4. The Hall–Kier alpha value is -2.91. The first-order valence-corrected chi connectivity index (χ1v) is 11.8. The molecule has 1 heterocycles. The molecule has 0 bridgehead atoms. The molecule has 0 unspecified atom stereocenters. The van der Waals surface area contributed by atoms with Gasteiger partial charge in [0, 0.05) is 30.8 Å². The van der Waals surface area contributed by atoms with Crippen molar-refractivity contribution in [1.82, 2.24) is 4.31 Å². The molecule has 2 amide bonds. The van der Waals surface area contributed by atoms with Gasteiger partial charge in [-0.2, -0.15) is 0 Å². The quantitative estimate of drug-likeness (QED) is 0.682. The number of para-hydroxylation sites is 1. The van der Waals surface area contributed by atoms with Crippen LogP contribution in [0.15, 0.2) is 48.5 Å². The molecule has 2 aromatic rings. The summed E-state index contributed by atoms with van der Waals surface area (Å²) in [5, 5.41) is 5.66. The van der Waals surface area contributed by atoms with Crippen molar-refractivity contribution >= 4 is 33.2 Å². The molecular formula is C22H27N3O5S. The Morgan fingerprint density at radius 2 is 1.77 bits per heavy atom. The van der Waals surface area contributed by atoms with E-state index in [0.29, 0.717) is 48.6 Å². The van der Waals surface area contributed by atoms with E-state index in [1.165, 1.54) is 4.31 Å². The van der Waals surface area contributed by atoms with E-state index in [1.807, 2.05) is 0 Å². The van der Waals surface area contributed by atoms with Crippen LogP contribution in [0.1, 0.15) is 30.1 Å². The molecule has 0 saturated carbocycles. The predicted octanol–water partition coefficient (Wildman–Crippen LogP) is 2.95. The zero-order valence-electron chi connectivity index (χ0n) is 17.6. The SMILES string of the molecule is CCS(=O)(=O)N1CCC(C(=O)Nc2ccccc2C(=O)Nc2cccc(OC)c2)CC1. The van der Waals surface area contributed by atoms with E-state index in [1.54, 1.807) is 62.6 Å². The molecule has 8 nitrogen and oxygen atoms in total. The second-order valence-corrected chi connectivity index (χ2v) is 9.55. The Morgan fingerprint density at radius 1 is 1.06 bits per heavy atom. The summed E-state index contributed by atoms with van der Waals surface area (Å²) in [5.41, 5.74) is 1.33. The van der Waals surface area contributed by atoms with Crippen molar-refractivity contribution in [2.24, 2.45) is 5.92 Å². The third kappa shape index (κ3) is 5.62. The number of nitrogens with zero attached hydrogens (tertiary/aromatic N) is 1. The molecule has 0 radical (unpaired) electrons. The number of hydrogen-bond donors (Lipinski definition) is 2. The third-order valence-corrected chi connectivity index (χ3v) is 7.22. The van der Waals surface area contributed by atoms with E-state index in [-0.39, 0.29) is 23.5 Å². The van der Waals surface area contributed by atoms with Gasteiger partial charge in [-0.25, -0.2) is 12.7 Å². The fourth-order valence-corrected chi connectivity index (χ4v) is 4.64. The number of carbonyl (C=O) groups excluding carboxylic acids is 2. The molecule has 3 rings (SSSR count). The molecule has 2 N–H and O–H groups in total. The molecule has 0 spiro atoms. The topological polar surface area (TPSA) is 105 Å². The number of ether oxygens (including phenoxy) is 1. The number of benzene rings is 2. The van der Waals surface area contributed by atoms with Gasteiger partial charge in [-0.15, -0.1) is 0 Å². The molecule has 1 saturated heterocycles. The molecule has 0 aromatic heterocycles. The average molecular weight is 446 g/mol. The molecule has 166 valence electrons. The maximum absolute atomic E-state index is 12.8. The molecule has 1 aliphatic rings. The lowest BCUT2D eigenvalue weighted by molar-refractivity contribution is -0.120.